The van der Waals surface area contributed by atoms with Gasteiger partial charge in [-0.1, -0.05) is 12.8 Å². The summed E-state index contributed by atoms with van der Waals surface area (Å²) in [6.07, 6.45) is 8.66. The van der Waals surface area contributed by atoms with Gasteiger partial charge in [-0.15, -0.1) is 0 Å². The van der Waals surface area contributed by atoms with Gasteiger partial charge in [0.05, 0.1) is 0 Å². The van der Waals surface area contributed by atoms with Crippen LogP contribution in [0.1, 0.15) is 38.5 Å². The Labute approximate surface area is 88.1 Å². The third-order valence-corrected chi connectivity index (χ3v) is 3.99. The van der Waals surface area contributed by atoms with Gasteiger partial charge in [-0.3, -0.25) is 0 Å². The van der Waals surface area contributed by atoms with E-state index in [-0.39, 0.29) is 0 Å². The van der Waals surface area contributed by atoms with Crippen LogP contribution in [0.4, 0.5) is 0 Å². The number of hydrogen-bond acceptors (Lipinski definition) is 2. The quantitative estimate of drug-likeness (QED) is 0.722. The smallest absolute Gasteiger partial charge is 0.0220 e. The van der Waals surface area contributed by atoms with Crippen molar-refractivity contribution in [1.82, 2.24) is 10.2 Å². The summed E-state index contributed by atoms with van der Waals surface area (Å²) < 4.78 is 0. The van der Waals surface area contributed by atoms with Gasteiger partial charge in [-0.05, 0) is 45.7 Å². The van der Waals surface area contributed by atoms with E-state index in [9.17, 15) is 0 Å². The molecule has 0 amide bonds. The molecule has 2 fully saturated rings. The summed E-state index contributed by atoms with van der Waals surface area (Å²) in [5.74, 6) is 0.946. The number of likely N-dealkylation sites (N-methyl/N-ethyl adjacent to an activating group) is 2. The Bertz CT molecular complexity index is 171. The van der Waals surface area contributed by atoms with Gasteiger partial charge in [0.25, 0.3) is 0 Å². The molecule has 2 heteroatoms. The molecule has 1 N–H and O–H groups in total. The monoisotopic (exact) mass is 196 g/mol. The van der Waals surface area contributed by atoms with Gasteiger partial charge < -0.3 is 10.2 Å². The first-order valence-electron chi connectivity index (χ1n) is 6.18. The zero-order chi connectivity index (χ0) is 9.97. The Morgan fingerprint density at radius 2 is 1.86 bits per heavy atom. The summed E-state index contributed by atoms with van der Waals surface area (Å²) in [5, 5.41) is 3.52. The SMILES string of the molecule is CNC(CN(C)C1CC1)C1CCCC1. The molecule has 82 valence electrons. The summed E-state index contributed by atoms with van der Waals surface area (Å²) in [5.41, 5.74) is 0. The number of nitrogens with zero attached hydrogens (tertiary/aromatic N) is 1. The van der Waals surface area contributed by atoms with E-state index in [1.165, 1.54) is 45.1 Å². The summed E-state index contributed by atoms with van der Waals surface area (Å²) in [6.45, 7) is 1.26. The van der Waals surface area contributed by atoms with Crippen molar-refractivity contribution in [3.8, 4) is 0 Å². The minimum atomic E-state index is 0.739. The Balaban J connectivity index is 1.78. The van der Waals surface area contributed by atoms with Crippen LogP contribution in [-0.4, -0.2) is 37.6 Å². The number of rotatable bonds is 5. The fourth-order valence-corrected chi connectivity index (χ4v) is 2.81. The summed E-state index contributed by atoms with van der Waals surface area (Å²) >= 11 is 0. The zero-order valence-electron chi connectivity index (χ0n) is 9.63. The maximum absolute atomic E-state index is 3.52. The summed E-state index contributed by atoms with van der Waals surface area (Å²) in [4.78, 5) is 2.56. The van der Waals surface area contributed by atoms with Crippen LogP contribution in [0.2, 0.25) is 0 Å². The molecule has 1 atom stereocenters. The van der Waals surface area contributed by atoms with E-state index in [1.807, 2.05) is 0 Å². The highest BCUT2D eigenvalue weighted by atomic mass is 15.2. The standard InChI is InChI=1S/C12H24N2/c1-13-12(10-5-3-4-6-10)9-14(2)11-7-8-11/h10-13H,3-9H2,1-2H3. The van der Waals surface area contributed by atoms with Crippen LogP contribution < -0.4 is 5.32 Å². The minimum absolute atomic E-state index is 0.739. The summed E-state index contributed by atoms with van der Waals surface area (Å²) in [7, 11) is 4.42. The minimum Gasteiger partial charge on any atom is -0.315 e. The number of nitrogens with one attached hydrogen (secondary N) is 1. The van der Waals surface area contributed by atoms with Crippen molar-refractivity contribution in [1.29, 1.82) is 0 Å². The molecule has 2 aliphatic rings. The molecular formula is C12H24N2. The van der Waals surface area contributed by atoms with Gasteiger partial charge in [0, 0.05) is 18.6 Å². The fourth-order valence-electron chi connectivity index (χ4n) is 2.81. The molecule has 0 aliphatic heterocycles. The van der Waals surface area contributed by atoms with Gasteiger partial charge in [-0.2, -0.15) is 0 Å². The fraction of sp³-hybridized carbons (Fsp3) is 1.00. The molecule has 0 aromatic carbocycles. The van der Waals surface area contributed by atoms with Crippen molar-refractivity contribution in [2.24, 2.45) is 5.92 Å². The molecule has 2 aliphatic carbocycles. The zero-order valence-corrected chi connectivity index (χ0v) is 9.63. The Kier molecular flexibility index (Phi) is 3.45. The van der Waals surface area contributed by atoms with E-state index in [0.29, 0.717) is 0 Å². The molecule has 0 aromatic heterocycles. The average Bonchev–Trinajstić information content (AvgIpc) is 2.91. The lowest BCUT2D eigenvalue weighted by Gasteiger charge is -2.28. The van der Waals surface area contributed by atoms with Crippen molar-refractivity contribution in [2.45, 2.75) is 50.6 Å². The van der Waals surface area contributed by atoms with E-state index in [0.717, 1.165) is 18.0 Å². The molecule has 2 rings (SSSR count). The second-order valence-electron chi connectivity index (χ2n) is 5.11. The molecule has 0 radical (unpaired) electrons. The molecule has 0 heterocycles. The first kappa shape index (κ1) is 10.4. The predicted octanol–water partition coefficient (Wildman–Crippen LogP) is 1.86. The lowest BCUT2D eigenvalue weighted by atomic mass is 9.98. The van der Waals surface area contributed by atoms with Crippen LogP contribution in [0.3, 0.4) is 0 Å². The second kappa shape index (κ2) is 4.63. The van der Waals surface area contributed by atoms with Gasteiger partial charge in [0.1, 0.15) is 0 Å². The van der Waals surface area contributed by atoms with Crippen molar-refractivity contribution in [2.75, 3.05) is 20.6 Å². The molecule has 1 unspecified atom stereocenters. The van der Waals surface area contributed by atoms with E-state index in [1.54, 1.807) is 0 Å². The molecule has 14 heavy (non-hydrogen) atoms. The molecule has 0 bridgehead atoms. The maximum atomic E-state index is 3.52. The Morgan fingerprint density at radius 1 is 1.21 bits per heavy atom. The van der Waals surface area contributed by atoms with Crippen molar-refractivity contribution in [3.63, 3.8) is 0 Å². The maximum Gasteiger partial charge on any atom is 0.0220 e. The lowest BCUT2D eigenvalue weighted by Crippen LogP contribution is -2.42. The highest BCUT2D eigenvalue weighted by molar-refractivity contribution is 4.87. The first-order chi connectivity index (χ1) is 6.81. The van der Waals surface area contributed by atoms with Crippen molar-refractivity contribution >= 4 is 0 Å². The topological polar surface area (TPSA) is 15.3 Å². The molecule has 0 saturated heterocycles. The van der Waals surface area contributed by atoms with Crippen LogP contribution in [0.25, 0.3) is 0 Å². The Hall–Kier alpha value is -0.0800. The van der Waals surface area contributed by atoms with E-state index in [4.69, 9.17) is 0 Å². The molecule has 0 spiro atoms. The van der Waals surface area contributed by atoms with E-state index >= 15 is 0 Å². The second-order valence-corrected chi connectivity index (χ2v) is 5.11. The van der Waals surface area contributed by atoms with Gasteiger partial charge in [-0.25, -0.2) is 0 Å². The van der Waals surface area contributed by atoms with Crippen molar-refractivity contribution in [3.05, 3.63) is 0 Å². The van der Waals surface area contributed by atoms with Crippen LogP contribution in [-0.2, 0) is 0 Å². The molecular weight excluding hydrogens is 172 g/mol. The molecule has 2 nitrogen and oxygen atoms in total. The largest absolute Gasteiger partial charge is 0.315 e. The highest BCUT2D eigenvalue weighted by Crippen LogP contribution is 2.30. The third-order valence-electron chi connectivity index (χ3n) is 3.99. The number of hydrogen-bond donors (Lipinski definition) is 1. The van der Waals surface area contributed by atoms with E-state index in [2.05, 4.69) is 24.3 Å². The van der Waals surface area contributed by atoms with Crippen LogP contribution in [0, 0.1) is 5.92 Å². The van der Waals surface area contributed by atoms with Crippen molar-refractivity contribution < 1.29 is 0 Å². The summed E-state index contributed by atoms with van der Waals surface area (Å²) in [6, 6.07) is 1.65. The van der Waals surface area contributed by atoms with Crippen LogP contribution in [0.15, 0.2) is 0 Å². The Morgan fingerprint density at radius 3 is 2.36 bits per heavy atom. The average molecular weight is 196 g/mol. The van der Waals surface area contributed by atoms with E-state index < -0.39 is 0 Å². The predicted molar refractivity (Wildman–Crippen MR) is 60.5 cm³/mol. The molecule has 2 saturated carbocycles. The van der Waals surface area contributed by atoms with Crippen LogP contribution >= 0.6 is 0 Å². The highest BCUT2D eigenvalue weighted by Gasteiger charge is 2.30. The third kappa shape index (κ3) is 2.48. The van der Waals surface area contributed by atoms with Gasteiger partial charge in [0.15, 0.2) is 0 Å². The first-order valence-corrected chi connectivity index (χ1v) is 6.18. The van der Waals surface area contributed by atoms with Gasteiger partial charge in [0.2, 0.25) is 0 Å². The lowest BCUT2D eigenvalue weighted by molar-refractivity contribution is 0.241. The molecule has 0 aromatic rings. The van der Waals surface area contributed by atoms with Crippen LogP contribution in [0.5, 0.6) is 0 Å². The van der Waals surface area contributed by atoms with Gasteiger partial charge >= 0.3 is 0 Å². The normalized spacial score (nSPS) is 25.9.